The number of para-hydroxylation sites is 4. The second-order valence-electron chi connectivity index (χ2n) is 14.0. The van der Waals surface area contributed by atoms with Gasteiger partial charge >= 0.3 is 5.97 Å². The molecule has 10 rings (SSSR count). The molecule has 0 saturated carbocycles. The third-order valence-corrected chi connectivity index (χ3v) is 14.2. The zero-order valence-electron chi connectivity index (χ0n) is 31.3. The van der Waals surface area contributed by atoms with Crippen molar-refractivity contribution >= 4 is 117 Å². The van der Waals surface area contributed by atoms with E-state index in [1.165, 1.54) is 36.2 Å². The summed E-state index contributed by atoms with van der Waals surface area (Å²) in [4.78, 5) is 37.9. The van der Waals surface area contributed by atoms with Crippen molar-refractivity contribution in [2.75, 3.05) is 21.2 Å². The summed E-state index contributed by atoms with van der Waals surface area (Å²) in [5, 5.41) is 9.31. The topological polar surface area (TPSA) is 67.3 Å². The maximum Gasteiger partial charge on any atom is 0.323 e. The second kappa shape index (κ2) is 15.6. The fraction of sp³-hybridized carbons (Fsp3) is 0.0417. The van der Waals surface area contributed by atoms with Gasteiger partial charge in [0.25, 0.3) is 5.91 Å². The molecular formula is C48H34N4O3S4. The largest absolute Gasteiger partial charge is 0.480 e. The number of hydrogen-bond donors (Lipinski definition) is 2. The van der Waals surface area contributed by atoms with Crippen molar-refractivity contribution in [1.29, 1.82) is 0 Å². The fourth-order valence-corrected chi connectivity index (χ4v) is 11.2. The molecule has 1 saturated heterocycles. The average Bonchev–Trinajstić information content (AvgIpc) is 3.52. The number of nitrogens with zero attached hydrogens (tertiary/aromatic N) is 4. The molecule has 288 valence electrons. The molecular weight excluding hydrogens is 809 g/mol. The van der Waals surface area contributed by atoms with Crippen LogP contribution in [0.1, 0.15) is 5.56 Å². The Balaban J connectivity index is 1.03. The summed E-state index contributed by atoms with van der Waals surface area (Å²) in [6.07, 6.45) is 1.80. The number of fused-ring (bicyclic) bond motifs is 4. The first-order chi connectivity index (χ1) is 28.9. The first-order valence-corrected chi connectivity index (χ1v) is 21.9. The van der Waals surface area contributed by atoms with Crippen molar-refractivity contribution in [2.45, 2.75) is 24.3 Å². The predicted octanol–water partition coefficient (Wildman–Crippen LogP) is 13.2. The molecule has 7 aromatic rings. The summed E-state index contributed by atoms with van der Waals surface area (Å²) in [5.41, 5.74) is 10.4. The van der Waals surface area contributed by atoms with Crippen LogP contribution in [-0.4, -0.2) is 33.1 Å². The lowest BCUT2D eigenvalue weighted by atomic mass is 10.1. The zero-order valence-corrected chi connectivity index (χ0v) is 34.6. The Bertz CT molecular complexity index is 2550. The van der Waals surface area contributed by atoms with Gasteiger partial charge in [-0.2, -0.15) is 0 Å². The molecule has 1 N–H and O–H groups in total. The van der Waals surface area contributed by atoms with Gasteiger partial charge in [0.15, 0.2) is 0 Å². The number of rotatable bonds is 8. The minimum Gasteiger partial charge on any atom is -0.480 e. The van der Waals surface area contributed by atoms with E-state index in [1.807, 2.05) is 24.3 Å². The average molecular weight is 843 g/mol. The summed E-state index contributed by atoms with van der Waals surface area (Å²) in [6.45, 7) is -0.395. The van der Waals surface area contributed by atoms with E-state index < -0.39 is 17.2 Å². The Morgan fingerprint density at radius 1 is 0.576 bits per heavy atom. The first kappa shape index (κ1) is 37.3. The SMILES string of the molecule is O=C(O)CN1C(=O)/C(=C/c2ccc(N(c3ccc(N4c5ccccc5Sc5ccccc54)cc3)c3ccc(N4c5ccccc5Sc5ccccc54)cc3)cc2)SC1S. The summed E-state index contributed by atoms with van der Waals surface area (Å²) in [6, 6.07) is 59.5. The lowest BCUT2D eigenvalue weighted by molar-refractivity contribution is -0.142. The molecule has 59 heavy (non-hydrogen) atoms. The lowest BCUT2D eigenvalue weighted by Crippen LogP contribution is -2.34. The van der Waals surface area contributed by atoms with Crippen LogP contribution >= 0.6 is 47.9 Å². The molecule has 1 atom stereocenters. The van der Waals surface area contributed by atoms with Crippen LogP contribution in [0.15, 0.2) is 194 Å². The number of aliphatic carboxylic acids is 1. The number of anilines is 9. The maximum absolute atomic E-state index is 13.1. The zero-order chi connectivity index (χ0) is 40.0. The van der Waals surface area contributed by atoms with Crippen molar-refractivity contribution < 1.29 is 14.7 Å². The Morgan fingerprint density at radius 3 is 1.34 bits per heavy atom. The number of carboxylic acid groups (broad SMARTS) is 1. The monoisotopic (exact) mass is 842 g/mol. The molecule has 11 heteroatoms. The summed E-state index contributed by atoms with van der Waals surface area (Å²) in [7, 11) is 0. The van der Waals surface area contributed by atoms with Crippen LogP contribution in [0.5, 0.6) is 0 Å². The summed E-state index contributed by atoms with van der Waals surface area (Å²) < 4.78 is -0.554. The second-order valence-corrected chi connectivity index (χ2v) is 18.1. The van der Waals surface area contributed by atoms with Gasteiger partial charge < -0.3 is 24.7 Å². The van der Waals surface area contributed by atoms with E-state index in [9.17, 15) is 14.7 Å². The van der Waals surface area contributed by atoms with E-state index in [0.29, 0.717) is 4.91 Å². The Hall–Kier alpha value is -5.98. The van der Waals surface area contributed by atoms with Crippen LogP contribution in [0, 0.1) is 0 Å². The lowest BCUT2D eigenvalue weighted by Gasteiger charge is -2.34. The standard InChI is InChI=1S/C48H34N4O3S4/c53-46(54)30-49-47(55)45(59-48(49)56)29-31-17-19-32(20-18-31)50(33-21-25-35(26-22-33)51-37-9-1-5-13-41(37)57-42-14-6-2-10-38(42)51)34-23-27-36(28-24-34)52-39-11-3-7-15-43(39)58-44-16-8-4-12-40(44)52/h1-29,48,56H,30H2,(H,53,54)/b45-29-. The maximum atomic E-state index is 13.1. The molecule has 7 aromatic carbocycles. The molecule has 1 unspecified atom stereocenters. The van der Waals surface area contributed by atoms with Gasteiger partial charge in [-0.05, 0) is 121 Å². The van der Waals surface area contributed by atoms with Crippen molar-refractivity contribution in [2.24, 2.45) is 0 Å². The third-order valence-electron chi connectivity index (χ3n) is 10.3. The van der Waals surface area contributed by atoms with Crippen LogP contribution in [0.25, 0.3) is 6.08 Å². The van der Waals surface area contributed by atoms with Crippen molar-refractivity contribution in [1.82, 2.24) is 4.90 Å². The molecule has 1 amide bonds. The highest BCUT2D eigenvalue weighted by molar-refractivity contribution is 8.14. The van der Waals surface area contributed by atoms with Gasteiger partial charge in [-0.1, -0.05) is 95.9 Å². The molecule has 0 radical (unpaired) electrons. The van der Waals surface area contributed by atoms with E-state index in [0.717, 1.165) is 56.7 Å². The van der Waals surface area contributed by atoms with E-state index in [2.05, 4.69) is 173 Å². The van der Waals surface area contributed by atoms with E-state index in [4.69, 9.17) is 0 Å². The quantitative estimate of drug-likeness (QED) is 0.115. The van der Waals surface area contributed by atoms with Crippen molar-refractivity contribution in [3.63, 3.8) is 0 Å². The fourth-order valence-electron chi connectivity index (χ4n) is 7.65. The van der Waals surface area contributed by atoms with Crippen LogP contribution < -0.4 is 14.7 Å². The predicted molar refractivity (Wildman–Crippen MR) is 246 cm³/mol. The minimum atomic E-state index is -1.07. The molecule has 1 fully saturated rings. The molecule has 3 aliphatic rings. The van der Waals surface area contributed by atoms with Gasteiger partial charge in [-0.25, -0.2) is 0 Å². The van der Waals surface area contributed by atoms with Gasteiger partial charge in [0.2, 0.25) is 0 Å². The Morgan fingerprint density at radius 2 is 0.949 bits per heavy atom. The van der Waals surface area contributed by atoms with Gasteiger partial charge in [-0.15, -0.1) is 12.6 Å². The Labute approximate surface area is 360 Å². The number of amides is 1. The van der Waals surface area contributed by atoms with E-state index >= 15 is 0 Å². The smallest absolute Gasteiger partial charge is 0.323 e. The highest BCUT2D eigenvalue weighted by Crippen LogP contribution is 2.53. The molecule has 0 spiro atoms. The molecule has 3 aliphatic heterocycles. The number of thiol groups is 1. The molecule has 3 heterocycles. The highest BCUT2D eigenvalue weighted by atomic mass is 32.2. The van der Waals surface area contributed by atoms with Crippen LogP contribution in [0.2, 0.25) is 0 Å². The Kier molecular flexibility index (Phi) is 9.89. The number of carboxylic acids is 1. The summed E-state index contributed by atoms with van der Waals surface area (Å²) >= 11 is 9.29. The number of benzene rings is 7. The van der Waals surface area contributed by atoms with Crippen LogP contribution in [0.4, 0.5) is 51.2 Å². The van der Waals surface area contributed by atoms with Crippen molar-refractivity contribution in [3.8, 4) is 0 Å². The third kappa shape index (κ3) is 7.03. The number of carbonyl (C=O) groups excluding carboxylic acids is 1. The number of hydrogen-bond acceptors (Lipinski definition) is 9. The first-order valence-electron chi connectivity index (χ1n) is 18.9. The van der Waals surface area contributed by atoms with Crippen LogP contribution in [-0.2, 0) is 9.59 Å². The van der Waals surface area contributed by atoms with Gasteiger partial charge in [0, 0.05) is 48.0 Å². The molecule has 0 aliphatic carbocycles. The summed E-state index contributed by atoms with van der Waals surface area (Å²) in [5.74, 6) is -1.41. The van der Waals surface area contributed by atoms with Gasteiger partial charge in [0.05, 0.1) is 27.7 Å². The van der Waals surface area contributed by atoms with Crippen LogP contribution in [0.3, 0.4) is 0 Å². The number of thioether (sulfide) groups is 1. The molecule has 0 aromatic heterocycles. The minimum absolute atomic E-state index is 0.335. The van der Waals surface area contributed by atoms with E-state index in [-0.39, 0.29) is 5.91 Å². The number of carbonyl (C=O) groups is 2. The normalized spacial score (nSPS) is 16.0. The highest BCUT2D eigenvalue weighted by Gasteiger charge is 2.35. The van der Waals surface area contributed by atoms with Gasteiger partial charge in [-0.3, -0.25) is 9.59 Å². The molecule has 0 bridgehead atoms. The molecule has 7 nitrogen and oxygen atoms in total. The van der Waals surface area contributed by atoms with Crippen molar-refractivity contribution in [3.05, 3.63) is 180 Å². The van der Waals surface area contributed by atoms with Gasteiger partial charge in [0.1, 0.15) is 11.3 Å². The van der Waals surface area contributed by atoms with E-state index in [1.54, 1.807) is 29.6 Å².